The Balaban J connectivity index is 2.08. The largest absolute Gasteiger partial charge is 0.493 e. The number of nitrogens with zero attached hydrogens (tertiary/aromatic N) is 1. The summed E-state index contributed by atoms with van der Waals surface area (Å²) in [6.07, 6.45) is 0. The lowest BCUT2D eigenvalue weighted by Crippen LogP contribution is -2.11. The Morgan fingerprint density at radius 1 is 1.24 bits per heavy atom. The number of rotatable bonds is 5. The van der Waals surface area contributed by atoms with Gasteiger partial charge in [-0.25, -0.2) is 4.98 Å². The van der Waals surface area contributed by atoms with E-state index in [2.05, 4.69) is 31.1 Å². The molecule has 2 rings (SSSR count). The number of hydrogen-bond acceptors (Lipinski definition) is 4. The van der Waals surface area contributed by atoms with E-state index in [0.717, 1.165) is 16.3 Å². The maximum absolute atomic E-state index is 5.82. The number of aromatic nitrogens is 1. The molecule has 0 N–H and O–H groups in total. The Labute approximate surface area is 134 Å². The summed E-state index contributed by atoms with van der Waals surface area (Å²) < 4.78 is 11.2. The van der Waals surface area contributed by atoms with Crippen LogP contribution in [0.25, 0.3) is 0 Å². The Morgan fingerprint density at radius 2 is 2.00 bits per heavy atom. The molecule has 0 aliphatic carbocycles. The smallest absolute Gasteiger partial charge is 0.161 e. The minimum atomic E-state index is 0.0639. The SMILES string of the molecule is COc1cc(CCl)ccc1OCc1nc(C(C)(C)C)cs1. The second-order valence-corrected chi connectivity index (χ2v) is 6.99. The second kappa shape index (κ2) is 6.67. The van der Waals surface area contributed by atoms with E-state index in [1.165, 1.54) is 0 Å². The lowest BCUT2D eigenvalue weighted by Gasteiger charge is -2.14. The van der Waals surface area contributed by atoms with Gasteiger partial charge in [-0.1, -0.05) is 26.8 Å². The van der Waals surface area contributed by atoms with Gasteiger partial charge in [-0.15, -0.1) is 22.9 Å². The van der Waals surface area contributed by atoms with Crippen molar-refractivity contribution >= 4 is 22.9 Å². The zero-order valence-corrected chi connectivity index (χ0v) is 14.3. The molecule has 21 heavy (non-hydrogen) atoms. The van der Waals surface area contributed by atoms with Crippen molar-refractivity contribution in [3.05, 3.63) is 39.8 Å². The van der Waals surface area contributed by atoms with Gasteiger partial charge in [0.1, 0.15) is 11.6 Å². The van der Waals surface area contributed by atoms with Crippen LogP contribution in [-0.4, -0.2) is 12.1 Å². The molecule has 0 bridgehead atoms. The van der Waals surface area contributed by atoms with E-state index in [0.29, 0.717) is 24.0 Å². The predicted molar refractivity (Wildman–Crippen MR) is 87.7 cm³/mol. The van der Waals surface area contributed by atoms with Gasteiger partial charge >= 0.3 is 0 Å². The molecule has 0 atom stereocenters. The summed E-state index contributed by atoms with van der Waals surface area (Å²) in [5.41, 5.74) is 2.16. The molecule has 5 heteroatoms. The molecule has 1 aromatic heterocycles. The van der Waals surface area contributed by atoms with Gasteiger partial charge in [-0.05, 0) is 17.7 Å². The molecule has 0 aliphatic heterocycles. The van der Waals surface area contributed by atoms with Crippen LogP contribution in [0.2, 0.25) is 0 Å². The van der Waals surface area contributed by atoms with Gasteiger partial charge in [0, 0.05) is 16.7 Å². The molecule has 0 radical (unpaired) electrons. The van der Waals surface area contributed by atoms with Crippen LogP contribution in [0.5, 0.6) is 11.5 Å². The molecule has 2 aromatic rings. The summed E-state index contributed by atoms with van der Waals surface area (Å²) >= 11 is 7.44. The Morgan fingerprint density at radius 3 is 2.57 bits per heavy atom. The van der Waals surface area contributed by atoms with Crippen LogP contribution in [0.15, 0.2) is 23.6 Å². The van der Waals surface area contributed by atoms with Crippen molar-refractivity contribution in [2.75, 3.05) is 7.11 Å². The zero-order valence-electron chi connectivity index (χ0n) is 12.8. The number of halogens is 1. The van der Waals surface area contributed by atoms with Gasteiger partial charge in [0.25, 0.3) is 0 Å². The molecular formula is C16H20ClNO2S. The summed E-state index contributed by atoms with van der Waals surface area (Å²) in [7, 11) is 1.63. The fourth-order valence-corrected chi connectivity index (χ4v) is 2.87. The van der Waals surface area contributed by atoms with Crippen molar-refractivity contribution in [1.29, 1.82) is 0 Å². The minimum absolute atomic E-state index is 0.0639. The highest BCUT2D eigenvalue weighted by Crippen LogP contribution is 2.30. The first kappa shape index (κ1) is 16.1. The van der Waals surface area contributed by atoms with E-state index in [1.807, 2.05) is 18.2 Å². The molecule has 1 aromatic carbocycles. The van der Waals surface area contributed by atoms with Gasteiger partial charge in [-0.3, -0.25) is 0 Å². The average Bonchev–Trinajstić information content (AvgIpc) is 2.94. The van der Waals surface area contributed by atoms with Gasteiger partial charge in [0.2, 0.25) is 0 Å². The average molecular weight is 326 g/mol. The maximum atomic E-state index is 5.82. The number of methoxy groups -OCH3 is 1. The van der Waals surface area contributed by atoms with E-state index >= 15 is 0 Å². The number of alkyl halides is 1. The van der Waals surface area contributed by atoms with E-state index in [9.17, 15) is 0 Å². The van der Waals surface area contributed by atoms with Crippen molar-refractivity contribution in [2.45, 2.75) is 38.7 Å². The van der Waals surface area contributed by atoms with Crippen molar-refractivity contribution in [1.82, 2.24) is 4.98 Å². The lowest BCUT2D eigenvalue weighted by atomic mass is 9.93. The number of thiazole rings is 1. The summed E-state index contributed by atoms with van der Waals surface area (Å²) in [5.74, 6) is 1.86. The molecule has 0 saturated carbocycles. The molecule has 0 saturated heterocycles. The lowest BCUT2D eigenvalue weighted by molar-refractivity contribution is 0.283. The molecule has 0 unspecified atom stereocenters. The molecule has 0 amide bonds. The fourth-order valence-electron chi connectivity index (χ4n) is 1.78. The first-order valence-electron chi connectivity index (χ1n) is 6.74. The molecule has 0 spiro atoms. The third-order valence-electron chi connectivity index (χ3n) is 3.05. The maximum Gasteiger partial charge on any atom is 0.161 e. The van der Waals surface area contributed by atoms with Crippen LogP contribution in [0, 0.1) is 0 Å². The van der Waals surface area contributed by atoms with Crippen LogP contribution in [-0.2, 0) is 17.9 Å². The summed E-state index contributed by atoms with van der Waals surface area (Å²) in [5, 5.41) is 3.05. The summed E-state index contributed by atoms with van der Waals surface area (Å²) in [6.45, 7) is 6.90. The van der Waals surface area contributed by atoms with Crippen molar-refractivity contribution in [2.24, 2.45) is 0 Å². The van der Waals surface area contributed by atoms with Crippen LogP contribution in [0.1, 0.15) is 37.0 Å². The topological polar surface area (TPSA) is 31.4 Å². The molecule has 0 fully saturated rings. The Kier molecular flexibility index (Phi) is 5.12. The first-order valence-corrected chi connectivity index (χ1v) is 8.16. The third kappa shape index (κ3) is 4.11. The van der Waals surface area contributed by atoms with Crippen molar-refractivity contribution < 1.29 is 9.47 Å². The van der Waals surface area contributed by atoms with E-state index in [4.69, 9.17) is 21.1 Å². The van der Waals surface area contributed by atoms with E-state index in [-0.39, 0.29) is 5.41 Å². The molecular weight excluding hydrogens is 306 g/mol. The summed E-state index contributed by atoms with van der Waals surface area (Å²) in [4.78, 5) is 4.62. The van der Waals surface area contributed by atoms with Gasteiger partial charge in [0.15, 0.2) is 11.5 Å². The second-order valence-electron chi connectivity index (χ2n) is 5.78. The van der Waals surface area contributed by atoms with Gasteiger partial charge in [0.05, 0.1) is 12.8 Å². The van der Waals surface area contributed by atoms with Crippen LogP contribution >= 0.6 is 22.9 Å². The Hall–Kier alpha value is -1.26. The standard InChI is InChI=1S/C16H20ClNO2S/c1-16(2,3)14-10-21-15(18-14)9-20-12-6-5-11(8-17)7-13(12)19-4/h5-7,10H,8-9H2,1-4H3. The highest BCUT2D eigenvalue weighted by atomic mass is 35.5. The number of hydrogen-bond donors (Lipinski definition) is 0. The molecule has 1 heterocycles. The summed E-state index contributed by atoms with van der Waals surface area (Å²) in [6, 6.07) is 5.72. The van der Waals surface area contributed by atoms with Crippen LogP contribution in [0.4, 0.5) is 0 Å². The fraction of sp³-hybridized carbons (Fsp3) is 0.438. The van der Waals surface area contributed by atoms with Crippen LogP contribution < -0.4 is 9.47 Å². The van der Waals surface area contributed by atoms with Crippen molar-refractivity contribution in [3.63, 3.8) is 0 Å². The quantitative estimate of drug-likeness (QED) is 0.742. The zero-order chi connectivity index (χ0) is 15.5. The molecule has 114 valence electrons. The highest BCUT2D eigenvalue weighted by molar-refractivity contribution is 7.09. The predicted octanol–water partition coefficient (Wildman–Crippen LogP) is 4.77. The van der Waals surface area contributed by atoms with Crippen LogP contribution in [0.3, 0.4) is 0 Å². The Bertz CT molecular complexity index is 605. The van der Waals surface area contributed by atoms with E-state index < -0.39 is 0 Å². The number of benzene rings is 1. The van der Waals surface area contributed by atoms with Crippen molar-refractivity contribution in [3.8, 4) is 11.5 Å². The highest BCUT2D eigenvalue weighted by Gasteiger charge is 2.17. The third-order valence-corrected chi connectivity index (χ3v) is 4.18. The van der Waals surface area contributed by atoms with Gasteiger partial charge < -0.3 is 9.47 Å². The normalized spacial score (nSPS) is 11.5. The monoisotopic (exact) mass is 325 g/mol. The number of ether oxygens (including phenoxy) is 2. The van der Waals surface area contributed by atoms with Gasteiger partial charge in [-0.2, -0.15) is 0 Å². The molecule has 3 nitrogen and oxygen atoms in total. The first-order chi connectivity index (χ1) is 9.94. The minimum Gasteiger partial charge on any atom is -0.493 e. The van der Waals surface area contributed by atoms with E-state index in [1.54, 1.807) is 18.4 Å². The molecule has 0 aliphatic rings.